The number of nitrogens with zero attached hydrogens (tertiary/aromatic N) is 1. The molecule has 0 N–H and O–H groups in total. The summed E-state index contributed by atoms with van der Waals surface area (Å²) in [6, 6.07) is 25.1. The number of para-hydroxylation sites is 2. The standard InChI is InChI=1S/C23H16BrNO2S2/c24-18-12-10-16(11-13-18)15-27-20-9-5-4-6-17(20)14-21-22(26)25(23(28)29-21)19-7-2-1-3-8-19/h1-14H,15H2/b21-14+. The Labute approximate surface area is 187 Å². The van der Waals surface area contributed by atoms with Crippen molar-refractivity contribution in [2.24, 2.45) is 0 Å². The Hall–Kier alpha value is -2.41. The normalized spacial score (nSPS) is 15.2. The molecule has 0 bridgehead atoms. The Morgan fingerprint density at radius 3 is 2.41 bits per heavy atom. The van der Waals surface area contributed by atoms with Crippen LogP contribution in [0, 0.1) is 0 Å². The molecular formula is C23H16BrNO2S2. The van der Waals surface area contributed by atoms with Crippen molar-refractivity contribution in [2.75, 3.05) is 4.90 Å². The summed E-state index contributed by atoms with van der Waals surface area (Å²) in [6.07, 6.45) is 1.85. The number of carbonyl (C=O) groups excluding carboxylic acids is 1. The van der Waals surface area contributed by atoms with Gasteiger partial charge >= 0.3 is 0 Å². The summed E-state index contributed by atoms with van der Waals surface area (Å²) in [4.78, 5) is 15.1. The molecule has 0 atom stereocenters. The Bertz CT molecular complexity index is 1080. The van der Waals surface area contributed by atoms with Crippen molar-refractivity contribution in [2.45, 2.75) is 6.61 Å². The van der Waals surface area contributed by atoms with Crippen molar-refractivity contribution >= 4 is 61.9 Å². The van der Waals surface area contributed by atoms with Crippen LogP contribution >= 0.6 is 39.9 Å². The number of thiocarbonyl (C=S) groups is 1. The van der Waals surface area contributed by atoms with Gasteiger partial charge in [0.1, 0.15) is 12.4 Å². The molecule has 0 unspecified atom stereocenters. The van der Waals surface area contributed by atoms with Crippen LogP contribution in [0.3, 0.4) is 0 Å². The molecular weight excluding hydrogens is 466 g/mol. The molecule has 29 heavy (non-hydrogen) atoms. The lowest BCUT2D eigenvalue weighted by Gasteiger charge is -2.14. The van der Waals surface area contributed by atoms with Crippen molar-refractivity contribution in [3.05, 3.63) is 99.4 Å². The lowest BCUT2D eigenvalue weighted by molar-refractivity contribution is -0.113. The molecule has 3 nitrogen and oxygen atoms in total. The first-order chi connectivity index (χ1) is 14.1. The fraction of sp³-hybridized carbons (Fsp3) is 0.0435. The van der Waals surface area contributed by atoms with Gasteiger partial charge in [-0.2, -0.15) is 0 Å². The summed E-state index contributed by atoms with van der Waals surface area (Å²) in [5, 5.41) is 0. The molecule has 6 heteroatoms. The Morgan fingerprint density at radius 2 is 1.66 bits per heavy atom. The van der Waals surface area contributed by atoms with Gasteiger partial charge in [0, 0.05) is 10.0 Å². The third-order valence-corrected chi connectivity index (χ3v) is 6.15. The summed E-state index contributed by atoms with van der Waals surface area (Å²) in [5.41, 5.74) is 2.69. The van der Waals surface area contributed by atoms with E-state index in [1.165, 1.54) is 11.8 Å². The minimum Gasteiger partial charge on any atom is -0.488 e. The summed E-state index contributed by atoms with van der Waals surface area (Å²) in [7, 11) is 0. The third-order valence-electron chi connectivity index (χ3n) is 4.32. The molecule has 144 valence electrons. The average Bonchev–Trinajstić information content (AvgIpc) is 3.02. The first-order valence-electron chi connectivity index (χ1n) is 8.91. The minimum atomic E-state index is -0.117. The topological polar surface area (TPSA) is 29.5 Å². The zero-order chi connectivity index (χ0) is 20.2. The molecule has 1 heterocycles. The zero-order valence-corrected chi connectivity index (χ0v) is 18.5. The smallest absolute Gasteiger partial charge is 0.270 e. The number of benzene rings is 3. The van der Waals surface area contributed by atoms with Gasteiger partial charge in [-0.25, -0.2) is 0 Å². The highest BCUT2D eigenvalue weighted by Crippen LogP contribution is 2.37. The highest BCUT2D eigenvalue weighted by Gasteiger charge is 2.33. The molecule has 0 saturated carbocycles. The van der Waals surface area contributed by atoms with E-state index < -0.39 is 0 Å². The van der Waals surface area contributed by atoms with Gasteiger partial charge in [0.2, 0.25) is 0 Å². The van der Waals surface area contributed by atoms with Gasteiger partial charge in [-0.1, -0.05) is 88.4 Å². The molecule has 1 fully saturated rings. The van der Waals surface area contributed by atoms with E-state index in [1.807, 2.05) is 84.9 Å². The predicted molar refractivity (Wildman–Crippen MR) is 127 cm³/mol. The van der Waals surface area contributed by atoms with Crippen LogP contribution in [0.1, 0.15) is 11.1 Å². The lowest BCUT2D eigenvalue weighted by atomic mass is 10.1. The van der Waals surface area contributed by atoms with Crippen LogP contribution in [0.4, 0.5) is 5.69 Å². The number of amides is 1. The van der Waals surface area contributed by atoms with Gasteiger partial charge in [0.25, 0.3) is 5.91 Å². The Balaban J connectivity index is 1.56. The second kappa shape index (κ2) is 8.95. The summed E-state index contributed by atoms with van der Waals surface area (Å²) in [5.74, 6) is 0.606. The molecule has 3 aromatic rings. The molecule has 0 spiro atoms. The van der Waals surface area contributed by atoms with Crippen molar-refractivity contribution in [3.8, 4) is 5.75 Å². The third kappa shape index (κ3) is 4.61. The molecule has 3 aromatic carbocycles. The van der Waals surface area contributed by atoms with Gasteiger partial charge in [0.15, 0.2) is 4.32 Å². The lowest BCUT2D eigenvalue weighted by Crippen LogP contribution is -2.27. The first-order valence-corrected chi connectivity index (χ1v) is 10.9. The van der Waals surface area contributed by atoms with Crippen molar-refractivity contribution in [1.29, 1.82) is 0 Å². The maximum atomic E-state index is 12.9. The molecule has 1 aliphatic rings. The molecule has 0 radical (unpaired) electrons. The molecule has 1 saturated heterocycles. The summed E-state index contributed by atoms with van der Waals surface area (Å²) >= 11 is 10.2. The fourth-order valence-corrected chi connectivity index (χ4v) is 4.44. The van der Waals surface area contributed by atoms with E-state index in [4.69, 9.17) is 17.0 Å². The van der Waals surface area contributed by atoms with Crippen molar-refractivity contribution < 1.29 is 9.53 Å². The average molecular weight is 482 g/mol. The number of ether oxygens (including phenoxy) is 1. The maximum Gasteiger partial charge on any atom is 0.270 e. The van der Waals surface area contributed by atoms with Crippen LogP contribution in [0.5, 0.6) is 5.75 Å². The van der Waals surface area contributed by atoms with Crippen LogP contribution in [0.15, 0.2) is 88.2 Å². The Kier molecular flexibility index (Phi) is 6.13. The summed E-state index contributed by atoms with van der Waals surface area (Å²) in [6.45, 7) is 0.448. The second-order valence-electron chi connectivity index (χ2n) is 6.31. The van der Waals surface area contributed by atoms with Gasteiger partial charge in [-0.05, 0) is 42.0 Å². The number of carbonyl (C=O) groups is 1. The van der Waals surface area contributed by atoms with Crippen LogP contribution < -0.4 is 9.64 Å². The van der Waals surface area contributed by atoms with Gasteiger partial charge in [0.05, 0.1) is 10.6 Å². The van der Waals surface area contributed by atoms with Crippen LogP contribution in [0.2, 0.25) is 0 Å². The van der Waals surface area contributed by atoms with Crippen LogP contribution in [-0.2, 0) is 11.4 Å². The molecule has 0 aromatic heterocycles. The van der Waals surface area contributed by atoms with E-state index in [-0.39, 0.29) is 5.91 Å². The number of rotatable bonds is 5. The molecule has 1 aliphatic heterocycles. The minimum absolute atomic E-state index is 0.117. The van der Waals surface area contributed by atoms with Gasteiger partial charge in [-0.15, -0.1) is 0 Å². The highest BCUT2D eigenvalue weighted by molar-refractivity contribution is 9.10. The quantitative estimate of drug-likeness (QED) is 0.310. The largest absolute Gasteiger partial charge is 0.488 e. The first kappa shape index (κ1) is 19.9. The van der Waals surface area contributed by atoms with Crippen molar-refractivity contribution in [1.82, 2.24) is 0 Å². The molecule has 1 amide bonds. The molecule has 0 aliphatic carbocycles. The van der Waals surface area contributed by atoms with Crippen LogP contribution in [0.25, 0.3) is 6.08 Å². The summed E-state index contributed by atoms with van der Waals surface area (Å²) < 4.78 is 7.58. The van der Waals surface area contributed by atoms with E-state index in [9.17, 15) is 4.79 Å². The number of hydrogen-bond acceptors (Lipinski definition) is 4. The number of anilines is 1. The molecule has 4 rings (SSSR count). The van der Waals surface area contributed by atoms with Gasteiger partial charge in [-0.3, -0.25) is 9.69 Å². The maximum absolute atomic E-state index is 12.9. The number of halogens is 1. The van der Waals surface area contributed by atoms with E-state index >= 15 is 0 Å². The van der Waals surface area contributed by atoms with E-state index in [1.54, 1.807) is 4.90 Å². The van der Waals surface area contributed by atoms with Crippen LogP contribution in [-0.4, -0.2) is 10.2 Å². The van der Waals surface area contributed by atoms with Crippen molar-refractivity contribution in [3.63, 3.8) is 0 Å². The second-order valence-corrected chi connectivity index (χ2v) is 8.90. The van der Waals surface area contributed by atoms with E-state index in [2.05, 4.69) is 15.9 Å². The Morgan fingerprint density at radius 1 is 0.966 bits per heavy atom. The van der Waals surface area contributed by atoms with Gasteiger partial charge < -0.3 is 4.74 Å². The number of hydrogen-bond donors (Lipinski definition) is 0. The van der Waals surface area contributed by atoms with E-state index in [0.29, 0.717) is 15.8 Å². The number of thioether (sulfide) groups is 1. The van der Waals surface area contributed by atoms with E-state index in [0.717, 1.165) is 27.0 Å². The zero-order valence-electron chi connectivity index (χ0n) is 15.2. The monoisotopic (exact) mass is 481 g/mol. The fourth-order valence-electron chi connectivity index (χ4n) is 2.88. The highest BCUT2D eigenvalue weighted by atomic mass is 79.9. The SMILES string of the molecule is O=C1/C(=C\c2ccccc2OCc2ccc(Br)cc2)SC(=S)N1c1ccccc1. The predicted octanol–water partition coefficient (Wildman–Crippen LogP) is 6.43.